The van der Waals surface area contributed by atoms with Crippen LogP contribution in [0.5, 0.6) is 0 Å². The zero-order chi connectivity index (χ0) is 16.4. The van der Waals surface area contributed by atoms with Crippen LogP contribution in [0.25, 0.3) is 0 Å². The number of ketones is 1. The van der Waals surface area contributed by atoms with Crippen molar-refractivity contribution < 1.29 is 26.7 Å². The number of allylic oxidation sites excluding steroid dienone is 2. The second kappa shape index (κ2) is 9.90. The first-order valence-corrected chi connectivity index (χ1v) is 7.28. The minimum Gasteiger partial charge on any atom is -0.300 e. The van der Waals surface area contributed by atoms with Crippen molar-refractivity contribution in [2.24, 2.45) is 0 Å². The molecule has 0 aliphatic rings. The molecule has 1 nitrogen and oxygen atoms in total. The molecule has 0 aliphatic heterocycles. The lowest BCUT2D eigenvalue weighted by Gasteiger charge is -2.18. The fourth-order valence-corrected chi connectivity index (χ4v) is 1.88. The maximum absolute atomic E-state index is 12.6. The lowest BCUT2D eigenvalue weighted by molar-refractivity contribution is -0.284. The van der Waals surface area contributed by atoms with Gasteiger partial charge in [-0.05, 0) is 32.6 Å². The van der Waals surface area contributed by atoms with E-state index in [2.05, 4.69) is 6.08 Å². The molecular formula is C15H23F5O. The minimum atomic E-state index is -5.52. The van der Waals surface area contributed by atoms with Gasteiger partial charge in [0.15, 0.2) is 0 Å². The van der Waals surface area contributed by atoms with Gasteiger partial charge in [-0.25, -0.2) is 0 Å². The molecule has 0 spiro atoms. The van der Waals surface area contributed by atoms with Crippen LogP contribution in [0.4, 0.5) is 22.0 Å². The van der Waals surface area contributed by atoms with Gasteiger partial charge in [-0.2, -0.15) is 22.0 Å². The predicted octanol–water partition coefficient (Wildman–Crippen LogP) is 5.84. The van der Waals surface area contributed by atoms with Gasteiger partial charge in [0.25, 0.3) is 0 Å². The van der Waals surface area contributed by atoms with Crippen LogP contribution in [0, 0.1) is 0 Å². The van der Waals surface area contributed by atoms with E-state index in [0.717, 1.165) is 25.7 Å². The average molecular weight is 314 g/mol. The molecule has 0 unspecified atom stereocenters. The van der Waals surface area contributed by atoms with E-state index >= 15 is 0 Å². The third-order valence-electron chi connectivity index (χ3n) is 3.17. The summed E-state index contributed by atoms with van der Waals surface area (Å²) < 4.78 is 60.9. The van der Waals surface area contributed by atoms with E-state index in [-0.39, 0.29) is 18.6 Å². The predicted molar refractivity (Wildman–Crippen MR) is 72.4 cm³/mol. The van der Waals surface area contributed by atoms with E-state index in [0.29, 0.717) is 6.42 Å². The summed E-state index contributed by atoms with van der Waals surface area (Å²) in [7, 11) is 0. The van der Waals surface area contributed by atoms with Crippen LogP contribution in [0.3, 0.4) is 0 Å². The molecule has 21 heavy (non-hydrogen) atoms. The Morgan fingerprint density at radius 3 is 2.05 bits per heavy atom. The van der Waals surface area contributed by atoms with Crippen LogP contribution < -0.4 is 0 Å². The van der Waals surface area contributed by atoms with Crippen molar-refractivity contribution in [2.45, 2.75) is 76.8 Å². The van der Waals surface area contributed by atoms with E-state index < -0.39 is 24.9 Å². The summed E-state index contributed by atoms with van der Waals surface area (Å²) in [5, 5.41) is 0. The number of unbranched alkanes of at least 4 members (excludes halogenated alkanes) is 4. The van der Waals surface area contributed by atoms with Crippen LogP contribution in [0.15, 0.2) is 12.2 Å². The second-order valence-corrected chi connectivity index (χ2v) is 5.12. The van der Waals surface area contributed by atoms with Crippen LogP contribution in [-0.2, 0) is 4.79 Å². The lowest BCUT2D eigenvalue weighted by atomic mass is 10.0. The lowest BCUT2D eigenvalue weighted by Crippen LogP contribution is -2.36. The number of alkyl halides is 5. The quantitative estimate of drug-likeness (QED) is 0.266. The molecule has 0 amide bonds. The Kier molecular flexibility index (Phi) is 9.46. The van der Waals surface area contributed by atoms with Crippen molar-refractivity contribution in [3.63, 3.8) is 0 Å². The molecule has 0 saturated heterocycles. The molecule has 0 fully saturated rings. The Hall–Kier alpha value is -0.940. The van der Waals surface area contributed by atoms with E-state index in [1.165, 1.54) is 0 Å². The summed E-state index contributed by atoms with van der Waals surface area (Å²) in [5.74, 6) is -4.93. The molecule has 124 valence electrons. The summed E-state index contributed by atoms with van der Waals surface area (Å²) in [6.45, 7) is 1.95. The van der Waals surface area contributed by atoms with Gasteiger partial charge in [0.05, 0.1) is 0 Å². The normalized spacial score (nSPS) is 13.0. The van der Waals surface area contributed by atoms with Crippen LogP contribution in [-0.4, -0.2) is 17.9 Å². The number of carbonyl (C=O) groups excluding carboxylic acids is 1. The molecular weight excluding hydrogens is 291 g/mol. The molecule has 0 rings (SSSR count). The van der Waals surface area contributed by atoms with E-state index in [1.807, 2.05) is 13.0 Å². The first-order chi connectivity index (χ1) is 9.70. The van der Waals surface area contributed by atoms with Gasteiger partial charge in [-0.3, -0.25) is 4.79 Å². The molecule has 0 aliphatic carbocycles. The summed E-state index contributed by atoms with van der Waals surface area (Å²) in [5.41, 5.74) is 0. The average Bonchev–Trinajstić information content (AvgIpc) is 2.36. The fraction of sp³-hybridized carbons (Fsp3) is 0.800. The highest BCUT2D eigenvalue weighted by Crippen LogP contribution is 2.39. The second-order valence-electron chi connectivity index (χ2n) is 5.12. The number of rotatable bonds is 11. The number of hydrogen-bond acceptors (Lipinski definition) is 1. The molecule has 0 aromatic heterocycles. The van der Waals surface area contributed by atoms with Gasteiger partial charge in [-0.1, -0.05) is 25.0 Å². The molecule has 0 heterocycles. The maximum Gasteiger partial charge on any atom is 0.453 e. The van der Waals surface area contributed by atoms with E-state index in [9.17, 15) is 26.7 Å². The maximum atomic E-state index is 12.6. The first-order valence-electron chi connectivity index (χ1n) is 7.28. The third kappa shape index (κ3) is 9.58. The van der Waals surface area contributed by atoms with Gasteiger partial charge in [-0.15, -0.1) is 0 Å². The highest BCUT2D eigenvalue weighted by Gasteiger charge is 2.56. The van der Waals surface area contributed by atoms with Crippen LogP contribution in [0.2, 0.25) is 0 Å². The summed E-state index contributed by atoms with van der Waals surface area (Å²) in [6.07, 6.45) is 1.41. The van der Waals surface area contributed by atoms with Crippen LogP contribution in [0.1, 0.15) is 64.7 Å². The number of halogens is 5. The number of hydrogen-bond donors (Lipinski definition) is 0. The monoisotopic (exact) mass is 314 g/mol. The van der Waals surface area contributed by atoms with Crippen molar-refractivity contribution >= 4 is 5.78 Å². The zero-order valence-electron chi connectivity index (χ0n) is 12.3. The van der Waals surface area contributed by atoms with Gasteiger partial charge in [0, 0.05) is 19.3 Å². The fourth-order valence-electron chi connectivity index (χ4n) is 1.88. The van der Waals surface area contributed by atoms with Gasteiger partial charge >= 0.3 is 12.1 Å². The smallest absolute Gasteiger partial charge is 0.300 e. The molecule has 6 heteroatoms. The Bertz CT molecular complexity index is 321. The van der Waals surface area contributed by atoms with Gasteiger partial charge < -0.3 is 0 Å². The van der Waals surface area contributed by atoms with Gasteiger partial charge in [0.2, 0.25) is 0 Å². The summed E-state index contributed by atoms with van der Waals surface area (Å²) in [4.78, 5) is 11.4. The first kappa shape index (κ1) is 20.1. The standard InChI is InChI=1S/C15H23F5O/c1-2-3-4-5-6-7-8-10-13(21)11-9-12-14(16,17)15(18,19)20/h2-3H,4-12H2,1H3. The molecule has 0 N–H and O–H groups in total. The van der Waals surface area contributed by atoms with Crippen LogP contribution >= 0.6 is 0 Å². The summed E-state index contributed by atoms with van der Waals surface area (Å²) >= 11 is 0. The van der Waals surface area contributed by atoms with Crippen molar-refractivity contribution in [1.29, 1.82) is 0 Å². The molecule has 0 bridgehead atoms. The van der Waals surface area contributed by atoms with E-state index in [4.69, 9.17) is 0 Å². The van der Waals surface area contributed by atoms with Crippen molar-refractivity contribution in [2.75, 3.05) is 0 Å². The minimum absolute atomic E-state index is 0.204. The zero-order valence-corrected chi connectivity index (χ0v) is 12.3. The van der Waals surface area contributed by atoms with Gasteiger partial charge in [0.1, 0.15) is 5.78 Å². The highest BCUT2D eigenvalue weighted by molar-refractivity contribution is 5.78. The Morgan fingerprint density at radius 1 is 0.905 bits per heavy atom. The number of carbonyl (C=O) groups is 1. The highest BCUT2D eigenvalue weighted by atomic mass is 19.4. The largest absolute Gasteiger partial charge is 0.453 e. The molecule has 0 atom stereocenters. The third-order valence-corrected chi connectivity index (χ3v) is 3.17. The molecule has 0 aromatic rings. The molecule has 0 radical (unpaired) electrons. The van der Waals surface area contributed by atoms with Crippen molar-refractivity contribution in [1.82, 2.24) is 0 Å². The van der Waals surface area contributed by atoms with E-state index in [1.54, 1.807) is 0 Å². The Labute approximate surface area is 122 Å². The van der Waals surface area contributed by atoms with Crippen molar-refractivity contribution in [3.8, 4) is 0 Å². The Morgan fingerprint density at radius 2 is 1.48 bits per heavy atom. The molecule has 0 aromatic carbocycles. The topological polar surface area (TPSA) is 17.1 Å². The Balaban J connectivity index is 3.64. The number of Topliss-reactive ketones (excluding diaryl/α,β-unsaturated/α-hetero) is 1. The van der Waals surface area contributed by atoms with Crippen molar-refractivity contribution in [3.05, 3.63) is 12.2 Å². The SMILES string of the molecule is CC=CCCCCCCC(=O)CCCC(F)(F)C(F)(F)F. The molecule has 0 saturated carbocycles. The summed E-state index contributed by atoms with van der Waals surface area (Å²) in [6, 6.07) is 0.